The lowest BCUT2D eigenvalue weighted by atomic mass is 9.99. The van der Waals surface area contributed by atoms with Gasteiger partial charge in [-0.3, -0.25) is 0 Å². The Labute approximate surface area is 155 Å². The second-order valence-corrected chi connectivity index (χ2v) is 8.41. The first-order chi connectivity index (χ1) is 12.0. The Morgan fingerprint density at radius 2 is 1.64 bits per heavy atom. The van der Waals surface area contributed by atoms with Crippen molar-refractivity contribution in [1.82, 2.24) is 4.72 Å². The first kappa shape index (κ1) is 18.1. The van der Waals surface area contributed by atoms with Gasteiger partial charge < -0.3 is 5.11 Å². The summed E-state index contributed by atoms with van der Waals surface area (Å²) in [6.45, 7) is 0.156. The lowest BCUT2D eigenvalue weighted by Gasteiger charge is -2.14. The zero-order valence-corrected chi connectivity index (χ0v) is 15.8. The van der Waals surface area contributed by atoms with Crippen LogP contribution in [0, 0.1) is 0 Å². The van der Waals surface area contributed by atoms with Crippen LogP contribution in [-0.2, 0) is 10.0 Å². The van der Waals surface area contributed by atoms with Gasteiger partial charge in [0, 0.05) is 11.0 Å². The van der Waals surface area contributed by atoms with Crippen LogP contribution < -0.4 is 4.72 Å². The normalized spacial score (nSPS) is 13.0. The lowest BCUT2D eigenvalue weighted by molar-refractivity contribution is 0.170. The fourth-order valence-electron chi connectivity index (χ4n) is 2.72. The van der Waals surface area contributed by atoms with Crippen molar-refractivity contribution in [3.05, 3.63) is 76.8 Å². The highest BCUT2D eigenvalue weighted by Crippen LogP contribution is 2.26. The molecule has 0 aliphatic rings. The molecule has 0 heterocycles. The Balaban J connectivity index is 1.68. The summed E-state index contributed by atoms with van der Waals surface area (Å²) >= 11 is 3.28. The number of rotatable bonds is 6. The Morgan fingerprint density at radius 3 is 2.40 bits per heavy atom. The average Bonchev–Trinajstić information content (AvgIpc) is 2.61. The van der Waals surface area contributed by atoms with Gasteiger partial charge in [0.1, 0.15) is 0 Å². The monoisotopic (exact) mass is 419 g/mol. The van der Waals surface area contributed by atoms with E-state index in [-0.39, 0.29) is 11.4 Å². The van der Waals surface area contributed by atoms with Crippen molar-refractivity contribution in [2.45, 2.75) is 17.4 Å². The zero-order valence-electron chi connectivity index (χ0n) is 13.4. The summed E-state index contributed by atoms with van der Waals surface area (Å²) in [5, 5.41) is 12.5. The van der Waals surface area contributed by atoms with Gasteiger partial charge in [0.25, 0.3) is 0 Å². The van der Waals surface area contributed by atoms with Crippen molar-refractivity contribution in [2.75, 3.05) is 6.54 Å². The average molecular weight is 420 g/mol. The van der Waals surface area contributed by atoms with Crippen LogP contribution >= 0.6 is 15.9 Å². The molecule has 0 bridgehead atoms. The first-order valence-corrected chi connectivity index (χ1v) is 10.2. The number of halogens is 1. The SMILES string of the molecule is O=S(=O)(NCC[C@@H](O)c1cccc2ccccc12)c1ccc(Br)cc1. The number of sulfonamides is 1. The third kappa shape index (κ3) is 4.27. The van der Waals surface area contributed by atoms with E-state index in [2.05, 4.69) is 20.7 Å². The molecule has 0 fully saturated rings. The Bertz CT molecular complexity index is 966. The molecule has 130 valence electrons. The topological polar surface area (TPSA) is 66.4 Å². The fraction of sp³-hybridized carbons (Fsp3) is 0.158. The van der Waals surface area contributed by atoms with Crippen LogP contribution in [0.1, 0.15) is 18.1 Å². The molecule has 0 amide bonds. The van der Waals surface area contributed by atoms with Crippen molar-refractivity contribution in [1.29, 1.82) is 0 Å². The van der Waals surface area contributed by atoms with E-state index in [1.807, 2.05) is 42.5 Å². The molecule has 25 heavy (non-hydrogen) atoms. The molecule has 0 spiro atoms. The number of aliphatic hydroxyl groups excluding tert-OH is 1. The molecule has 3 rings (SSSR count). The second kappa shape index (κ2) is 7.66. The highest BCUT2D eigenvalue weighted by atomic mass is 79.9. The number of aliphatic hydroxyl groups is 1. The van der Waals surface area contributed by atoms with Crippen molar-refractivity contribution >= 4 is 36.7 Å². The van der Waals surface area contributed by atoms with E-state index in [0.717, 1.165) is 20.8 Å². The molecule has 0 radical (unpaired) electrons. The van der Waals surface area contributed by atoms with Gasteiger partial charge in [-0.25, -0.2) is 13.1 Å². The Kier molecular flexibility index (Phi) is 5.54. The van der Waals surface area contributed by atoms with E-state index in [1.54, 1.807) is 12.1 Å². The molecule has 3 aromatic rings. The summed E-state index contributed by atoms with van der Waals surface area (Å²) in [7, 11) is -3.58. The molecule has 0 aliphatic carbocycles. The molecule has 6 heteroatoms. The molecular weight excluding hydrogens is 402 g/mol. The maximum atomic E-state index is 12.3. The Morgan fingerprint density at radius 1 is 0.960 bits per heavy atom. The summed E-state index contributed by atoms with van der Waals surface area (Å²) in [4.78, 5) is 0.204. The summed E-state index contributed by atoms with van der Waals surface area (Å²) < 4.78 is 27.9. The summed E-state index contributed by atoms with van der Waals surface area (Å²) in [5.74, 6) is 0. The van der Waals surface area contributed by atoms with Crippen LogP contribution in [-0.4, -0.2) is 20.1 Å². The number of fused-ring (bicyclic) bond motifs is 1. The predicted octanol–water partition coefficient (Wildman–Crippen LogP) is 4.00. The molecule has 0 saturated carbocycles. The number of nitrogens with one attached hydrogen (secondary N) is 1. The minimum absolute atomic E-state index is 0.156. The highest BCUT2D eigenvalue weighted by molar-refractivity contribution is 9.10. The van der Waals surface area contributed by atoms with Crippen molar-refractivity contribution in [3.8, 4) is 0 Å². The maximum absolute atomic E-state index is 12.3. The van der Waals surface area contributed by atoms with Crippen LogP contribution in [0.4, 0.5) is 0 Å². The maximum Gasteiger partial charge on any atom is 0.240 e. The van der Waals surface area contributed by atoms with Crippen LogP contribution in [0.3, 0.4) is 0 Å². The van der Waals surface area contributed by atoms with E-state index < -0.39 is 16.1 Å². The van der Waals surface area contributed by atoms with Gasteiger partial charge in [0.05, 0.1) is 11.0 Å². The number of hydrogen-bond donors (Lipinski definition) is 2. The minimum Gasteiger partial charge on any atom is -0.388 e. The quantitative estimate of drug-likeness (QED) is 0.634. The zero-order chi connectivity index (χ0) is 17.9. The van der Waals surface area contributed by atoms with E-state index >= 15 is 0 Å². The van der Waals surface area contributed by atoms with E-state index in [9.17, 15) is 13.5 Å². The van der Waals surface area contributed by atoms with Crippen LogP contribution in [0.15, 0.2) is 76.1 Å². The predicted molar refractivity (Wildman–Crippen MR) is 103 cm³/mol. The summed E-state index contributed by atoms with van der Waals surface area (Å²) in [6, 6.07) is 20.0. The fourth-order valence-corrected chi connectivity index (χ4v) is 4.04. The molecule has 0 unspecified atom stereocenters. The van der Waals surface area contributed by atoms with Crippen LogP contribution in [0.2, 0.25) is 0 Å². The smallest absolute Gasteiger partial charge is 0.240 e. The van der Waals surface area contributed by atoms with Gasteiger partial charge in [0.15, 0.2) is 0 Å². The van der Waals surface area contributed by atoms with Crippen LogP contribution in [0.25, 0.3) is 10.8 Å². The standard InChI is InChI=1S/C19H18BrNO3S/c20-15-8-10-16(11-9-15)25(23,24)21-13-12-19(22)18-7-3-5-14-4-1-2-6-17(14)18/h1-11,19,21-22H,12-13H2/t19-/m1/s1. The van der Waals surface area contributed by atoms with Gasteiger partial charge in [-0.2, -0.15) is 0 Å². The molecule has 1 atom stereocenters. The van der Waals surface area contributed by atoms with E-state index in [1.165, 1.54) is 12.1 Å². The third-order valence-corrected chi connectivity index (χ3v) is 6.02. The number of benzene rings is 3. The van der Waals surface area contributed by atoms with Gasteiger partial charge in [-0.1, -0.05) is 58.4 Å². The van der Waals surface area contributed by atoms with Gasteiger partial charge in [-0.05, 0) is 47.0 Å². The van der Waals surface area contributed by atoms with Crippen molar-refractivity contribution in [3.63, 3.8) is 0 Å². The van der Waals surface area contributed by atoms with Gasteiger partial charge >= 0.3 is 0 Å². The van der Waals surface area contributed by atoms with E-state index in [4.69, 9.17) is 0 Å². The lowest BCUT2D eigenvalue weighted by Crippen LogP contribution is -2.26. The third-order valence-electron chi connectivity index (χ3n) is 4.02. The molecule has 0 aliphatic heterocycles. The minimum atomic E-state index is -3.58. The molecule has 3 aromatic carbocycles. The second-order valence-electron chi connectivity index (χ2n) is 5.72. The Hall–Kier alpha value is -1.73. The summed E-state index contributed by atoms with van der Waals surface area (Å²) in [5.41, 5.74) is 0.806. The molecule has 2 N–H and O–H groups in total. The van der Waals surface area contributed by atoms with Gasteiger partial charge in [-0.15, -0.1) is 0 Å². The van der Waals surface area contributed by atoms with E-state index in [0.29, 0.717) is 6.42 Å². The largest absolute Gasteiger partial charge is 0.388 e. The van der Waals surface area contributed by atoms with Gasteiger partial charge in [0.2, 0.25) is 10.0 Å². The van der Waals surface area contributed by atoms with Crippen molar-refractivity contribution < 1.29 is 13.5 Å². The van der Waals surface area contributed by atoms with Crippen molar-refractivity contribution in [2.24, 2.45) is 0 Å². The molecule has 0 aromatic heterocycles. The van der Waals surface area contributed by atoms with Crippen LogP contribution in [0.5, 0.6) is 0 Å². The number of hydrogen-bond acceptors (Lipinski definition) is 3. The molecule has 4 nitrogen and oxygen atoms in total. The molecule has 0 saturated heterocycles. The first-order valence-electron chi connectivity index (χ1n) is 7.88. The molecular formula is C19H18BrNO3S. The highest BCUT2D eigenvalue weighted by Gasteiger charge is 2.16. The summed E-state index contributed by atoms with van der Waals surface area (Å²) in [6.07, 6.45) is -0.442.